The van der Waals surface area contributed by atoms with E-state index in [1.165, 1.54) is 13.0 Å². The number of hydrogen-bond acceptors (Lipinski definition) is 2. The molecule has 1 unspecified atom stereocenters. The summed E-state index contributed by atoms with van der Waals surface area (Å²) in [7, 11) is 0. The van der Waals surface area contributed by atoms with Gasteiger partial charge in [-0.2, -0.15) is 13.2 Å². The number of anilines is 1. The normalized spacial score (nSPS) is 13.2. The number of alkyl halides is 3. The van der Waals surface area contributed by atoms with Crippen LogP contribution in [0.1, 0.15) is 38.8 Å². The molecule has 1 atom stereocenters. The van der Waals surface area contributed by atoms with Gasteiger partial charge in [-0.3, -0.25) is 4.79 Å². The Hall–Kier alpha value is -2.21. The van der Waals surface area contributed by atoms with Crippen molar-refractivity contribution in [3.05, 3.63) is 58.6 Å². The van der Waals surface area contributed by atoms with E-state index in [9.17, 15) is 18.0 Å². The topological polar surface area (TPSA) is 38.3 Å². The van der Waals surface area contributed by atoms with Crippen molar-refractivity contribution in [2.24, 2.45) is 0 Å². The van der Waals surface area contributed by atoms with E-state index in [1.807, 2.05) is 32.9 Å². The molecule has 0 saturated heterocycles. The third-order valence-electron chi connectivity index (χ3n) is 3.91. The van der Waals surface area contributed by atoms with E-state index in [0.717, 1.165) is 17.7 Å². The fourth-order valence-electron chi connectivity index (χ4n) is 2.50. The molecule has 1 N–H and O–H groups in total. The fourth-order valence-corrected chi connectivity index (χ4v) is 2.72. The molecule has 7 heteroatoms. The molecule has 0 saturated carbocycles. The first-order valence-corrected chi connectivity index (χ1v) is 8.71. The Balaban J connectivity index is 2.16. The minimum absolute atomic E-state index is 0.00344. The van der Waals surface area contributed by atoms with Gasteiger partial charge in [0.1, 0.15) is 5.75 Å². The molecule has 1 amide bonds. The van der Waals surface area contributed by atoms with Gasteiger partial charge in [0.05, 0.1) is 10.6 Å². The molecule has 2 rings (SSSR count). The molecule has 146 valence electrons. The second-order valence-electron chi connectivity index (χ2n) is 7.19. The molecular formula is C20H21ClF3NO2. The number of ether oxygens (including phenoxy) is 1. The van der Waals surface area contributed by atoms with Crippen LogP contribution in [0.25, 0.3) is 0 Å². The highest BCUT2D eigenvalue weighted by atomic mass is 35.5. The Bertz CT molecular complexity index is 829. The summed E-state index contributed by atoms with van der Waals surface area (Å²) in [6, 6.07) is 10.6. The van der Waals surface area contributed by atoms with Crippen LogP contribution in [-0.2, 0) is 16.4 Å². The molecule has 0 spiro atoms. The van der Waals surface area contributed by atoms with Gasteiger partial charge in [0.25, 0.3) is 5.91 Å². The molecule has 2 aromatic rings. The summed E-state index contributed by atoms with van der Waals surface area (Å²) >= 11 is 5.59. The quantitative estimate of drug-likeness (QED) is 0.678. The van der Waals surface area contributed by atoms with Crippen molar-refractivity contribution in [2.45, 2.75) is 45.4 Å². The number of nitrogens with one attached hydrogen (secondary N) is 1. The molecule has 0 aliphatic carbocycles. The second kappa shape index (κ2) is 7.80. The van der Waals surface area contributed by atoms with Gasteiger partial charge in [-0.05, 0) is 42.2 Å². The highest BCUT2D eigenvalue weighted by molar-refractivity contribution is 6.31. The molecule has 0 heterocycles. The van der Waals surface area contributed by atoms with Gasteiger partial charge in [-0.1, -0.05) is 50.6 Å². The third kappa shape index (κ3) is 5.39. The van der Waals surface area contributed by atoms with E-state index in [1.54, 1.807) is 12.1 Å². The Morgan fingerprint density at radius 3 is 2.30 bits per heavy atom. The first kappa shape index (κ1) is 21.1. The van der Waals surface area contributed by atoms with Gasteiger partial charge in [0, 0.05) is 5.69 Å². The lowest BCUT2D eigenvalue weighted by atomic mass is 9.86. The number of halogens is 4. The van der Waals surface area contributed by atoms with Crippen LogP contribution in [-0.4, -0.2) is 12.0 Å². The maximum Gasteiger partial charge on any atom is 0.417 e. The lowest BCUT2D eigenvalue weighted by Gasteiger charge is -2.24. The van der Waals surface area contributed by atoms with Crippen LogP contribution in [0, 0.1) is 0 Å². The monoisotopic (exact) mass is 399 g/mol. The molecule has 0 bridgehead atoms. The Labute approximate surface area is 161 Å². The second-order valence-corrected chi connectivity index (χ2v) is 7.60. The molecule has 0 radical (unpaired) electrons. The molecule has 27 heavy (non-hydrogen) atoms. The van der Waals surface area contributed by atoms with Crippen molar-refractivity contribution in [1.29, 1.82) is 0 Å². The molecular weight excluding hydrogens is 379 g/mol. The summed E-state index contributed by atoms with van der Waals surface area (Å²) in [6.07, 6.45) is -5.51. The maximum absolute atomic E-state index is 12.9. The molecule has 0 fully saturated rings. The van der Waals surface area contributed by atoms with Crippen LogP contribution in [0.15, 0.2) is 42.5 Å². The lowest BCUT2D eigenvalue weighted by Crippen LogP contribution is -2.31. The first-order chi connectivity index (χ1) is 12.4. The zero-order valence-electron chi connectivity index (χ0n) is 15.4. The van der Waals surface area contributed by atoms with Gasteiger partial charge >= 0.3 is 6.18 Å². The molecule has 0 aromatic heterocycles. The van der Waals surface area contributed by atoms with Crippen LogP contribution < -0.4 is 10.1 Å². The van der Waals surface area contributed by atoms with Crippen LogP contribution in [0.4, 0.5) is 18.9 Å². The number of hydrogen-bond donors (Lipinski definition) is 1. The molecule has 0 aliphatic rings. The highest BCUT2D eigenvalue weighted by Crippen LogP contribution is 2.36. The predicted molar refractivity (Wildman–Crippen MR) is 100 cm³/mol. The van der Waals surface area contributed by atoms with Crippen LogP contribution in [0.5, 0.6) is 5.75 Å². The van der Waals surface area contributed by atoms with E-state index in [0.29, 0.717) is 5.75 Å². The van der Waals surface area contributed by atoms with Crippen molar-refractivity contribution in [2.75, 3.05) is 5.32 Å². The zero-order valence-corrected chi connectivity index (χ0v) is 16.2. The van der Waals surface area contributed by atoms with Crippen molar-refractivity contribution in [3.8, 4) is 5.75 Å². The van der Waals surface area contributed by atoms with Gasteiger partial charge in [-0.25, -0.2) is 0 Å². The summed E-state index contributed by atoms with van der Waals surface area (Å²) in [5.41, 5.74) is -0.273. The van der Waals surface area contributed by atoms with Crippen molar-refractivity contribution in [3.63, 3.8) is 0 Å². The van der Waals surface area contributed by atoms with Gasteiger partial charge in [-0.15, -0.1) is 0 Å². The average molecular weight is 400 g/mol. The minimum Gasteiger partial charge on any atom is -0.481 e. The molecule has 0 aliphatic heterocycles. The fraction of sp³-hybridized carbons (Fsp3) is 0.350. The lowest BCUT2D eigenvalue weighted by molar-refractivity contribution is -0.137. The number of rotatable bonds is 4. The minimum atomic E-state index is -4.61. The Morgan fingerprint density at radius 2 is 1.70 bits per heavy atom. The highest BCUT2D eigenvalue weighted by Gasteiger charge is 2.33. The standard InChI is InChI=1S/C20H21ClF3NO2/c1-12(27-17-8-6-5-7-14(17)19(2,3)4)18(26)25-13-9-10-16(21)15(11-13)20(22,23)24/h5-12H,1-4H3,(H,25,26). The van der Waals surface area contributed by atoms with E-state index in [2.05, 4.69) is 5.32 Å². The largest absolute Gasteiger partial charge is 0.481 e. The van der Waals surface area contributed by atoms with Gasteiger partial charge < -0.3 is 10.1 Å². The summed E-state index contributed by atoms with van der Waals surface area (Å²) in [5.74, 6) is -0.00565. The first-order valence-electron chi connectivity index (χ1n) is 8.33. The average Bonchev–Trinajstić information content (AvgIpc) is 2.55. The van der Waals surface area contributed by atoms with E-state index in [4.69, 9.17) is 16.3 Å². The smallest absolute Gasteiger partial charge is 0.417 e. The zero-order chi connectivity index (χ0) is 20.4. The summed E-state index contributed by atoms with van der Waals surface area (Å²) in [6.45, 7) is 7.60. The Morgan fingerprint density at radius 1 is 1.07 bits per heavy atom. The van der Waals surface area contributed by atoms with E-state index < -0.39 is 28.8 Å². The van der Waals surface area contributed by atoms with Crippen molar-refractivity contribution >= 4 is 23.2 Å². The van der Waals surface area contributed by atoms with E-state index in [-0.39, 0.29) is 11.1 Å². The number of benzene rings is 2. The van der Waals surface area contributed by atoms with Crippen LogP contribution in [0.2, 0.25) is 5.02 Å². The summed E-state index contributed by atoms with van der Waals surface area (Å²) < 4.78 is 44.6. The summed E-state index contributed by atoms with van der Waals surface area (Å²) in [4.78, 5) is 12.4. The van der Waals surface area contributed by atoms with Crippen molar-refractivity contribution in [1.82, 2.24) is 0 Å². The maximum atomic E-state index is 12.9. The van der Waals surface area contributed by atoms with Gasteiger partial charge in [0.2, 0.25) is 0 Å². The molecule has 3 nitrogen and oxygen atoms in total. The van der Waals surface area contributed by atoms with Gasteiger partial charge in [0.15, 0.2) is 6.10 Å². The number of amides is 1. The Kier molecular flexibility index (Phi) is 6.10. The predicted octanol–water partition coefficient (Wildman–Crippen LogP) is 6.06. The number of carbonyl (C=O) groups excluding carboxylic acids is 1. The molecule has 2 aromatic carbocycles. The third-order valence-corrected chi connectivity index (χ3v) is 4.24. The van der Waals surface area contributed by atoms with E-state index >= 15 is 0 Å². The number of para-hydroxylation sites is 1. The number of carbonyl (C=O) groups is 1. The van der Waals surface area contributed by atoms with Crippen molar-refractivity contribution < 1.29 is 22.7 Å². The van der Waals surface area contributed by atoms with Crippen LogP contribution >= 0.6 is 11.6 Å². The summed E-state index contributed by atoms with van der Waals surface area (Å²) in [5, 5.41) is 2.01. The van der Waals surface area contributed by atoms with Crippen LogP contribution in [0.3, 0.4) is 0 Å². The SMILES string of the molecule is CC(Oc1ccccc1C(C)(C)C)C(=O)Nc1ccc(Cl)c(C(F)(F)F)c1.